The van der Waals surface area contributed by atoms with E-state index in [0.717, 1.165) is 44.9 Å². The molecule has 0 heterocycles. The first-order valence-corrected chi connectivity index (χ1v) is 18.7. The number of aryl methyl sites for hydroxylation is 1. The van der Waals surface area contributed by atoms with Gasteiger partial charge in [-0.2, -0.15) is 0 Å². The van der Waals surface area contributed by atoms with Crippen LogP contribution in [0.4, 0.5) is 34.1 Å². The highest BCUT2D eigenvalue weighted by Gasteiger charge is 2.38. The summed E-state index contributed by atoms with van der Waals surface area (Å²) in [5, 5.41) is 6.94. The summed E-state index contributed by atoms with van der Waals surface area (Å²) in [5.74, 6) is 0. The van der Waals surface area contributed by atoms with Gasteiger partial charge in [0.1, 0.15) is 0 Å². The smallest absolute Gasteiger partial charge is 0.0624 e. The van der Waals surface area contributed by atoms with E-state index in [2.05, 4.69) is 219 Å². The lowest BCUT2D eigenvalue weighted by molar-refractivity contribution is 0.661. The first-order chi connectivity index (χ1) is 26.5. The molecule has 0 atom stereocenters. The third-order valence-electron chi connectivity index (χ3n) is 11.3. The lowest BCUT2D eigenvalue weighted by Crippen LogP contribution is -2.18. The van der Waals surface area contributed by atoms with Crippen LogP contribution in [0.3, 0.4) is 0 Å². The van der Waals surface area contributed by atoms with Crippen LogP contribution in [0.5, 0.6) is 0 Å². The molecule has 0 aromatic heterocycles. The van der Waals surface area contributed by atoms with Gasteiger partial charge in [0.2, 0.25) is 0 Å². The molecule has 0 aliphatic heterocycles. The Labute approximate surface area is 317 Å². The number of benzene rings is 8. The maximum atomic E-state index is 3.59. The van der Waals surface area contributed by atoms with E-state index in [4.69, 9.17) is 0 Å². The van der Waals surface area contributed by atoms with E-state index >= 15 is 0 Å². The Bertz CT molecular complexity index is 2850. The minimum absolute atomic E-state index is 0.272. The summed E-state index contributed by atoms with van der Waals surface area (Å²) in [6.45, 7) is 6.92. The number of hydrogen-bond acceptors (Lipinski definition) is 2. The Balaban J connectivity index is 1.20. The largest absolute Gasteiger partial charge is 0.310 e. The molecule has 0 bridgehead atoms. The van der Waals surface area contributed by atoms with Gasteiger partial charge < -0.3 is 9.80 Å². The highest BCUT2D eigenvalue weighted by molar-refractivity contribution is 6.14. The average molecular weight is 691 g/mol. The van der Waals surface area contributed by atoms with Crippen molar-refractivity contribution in [1.29, 1.82) is 0 Å². The molecule has 0 spiro atoms. The molecule has 0 unspecified atom stereocenters. The first-order valence-electron chi connectivity index (χ1n) is 18.7. The molecule has 1 aliphatic rings. The van der Waals surface area contributed by atoms with Gasteiger partial charge in [0.15, 0.2) is 0 Å². The number of hydrogen-bond donors (Lipinski definition) is 0. The van der Waals surface area contributed by atoms with Crippen LogP contribution in [0.25, 0.3) is 43.4 Å². The maximum absolute atomic E-state index is 3.59. The molecular weight excluding hydrogens is 653 g/mol. The van der Waals surface area contributed by atoms with Crippen LogP contribution in [0.1, 0.15) is 30.5 Å². The van der Waals surface area contributed by atoms with Crippen LogP contribution < -0.4 is 9.80 Å². The van der Waals surface area contributed by atoms with Crippen LogP contribution >= 0.6 is 0 Å². The van der Waals surface area contributed by atoms with Gasteiger partial charge in [-0.15, -0.1) is 0 Å². The van der Waals surface area contributed by atoms with Gasteiger partial charge in [-0.1, -0.05) is 141 Å². The molecular formula is C52H38N2. The van der Waals surface area contributed by atoms with E-state index in [1.54, 1.807) is 0 Å². The third kappa shape index (κ3) is 4.97. The fourth-order valence-corrected chi connectivity index (χ4v) is 8.62. The molecule has 9 aromatic carbocycles. The van der Waals surface area contributed by atoms with Crippen molar-refractivity contribution < 1.29 is 0 Å². The van der Waals surface area contributed by atoms with Gasteiger partial charge in [0.05, 0.1) is 16.8 Å². The molecule has 0 saturated carbocycles. The lowest BCUT2D eigenvalue weighted by atomic mass is 9.81. The molecule has 1 aliphatic carbocycles. The van der Waals surface area contributed by atoms with E-state index < -0.39 is 0 Å². The Morgan fingerprint density at radius 1 is 0.426 bits per heavy atom. The quantitative estimate of drug-likeness (QED) is 0.171. The molecule has 2 heteroatoms. The fourth-order valence-electron chi connectivity index (χ4n) is 8.62. The average Bonchev–Trinajstić information content (AvgIpc) is 3.45. The molecule has 2 nitrogen and oxygen atoms in total. The third-order valence-corrected chi connectivity index (χ3v) is 11.3. The van der Waals surface area contributed by atoms with Gasteiger partial charge in [-0.05, 0) is 107 Å². The minimum Gasteiger partial charge on any atom is -0.310 e. The lowest BCUT2D eigenvalue weighted by Gasteiger charge is -2.30. The van der Waals surface area contributed by atoms with E-state index in [1.807, 2.05) is 0 Å². The number of anilines is 6. The van der Waals surface area contributed by atoms with Crippen LogP contribution in [0, 0.1) is 19.1 Å². The summed E-state index contributed by atoms with van der Waals surface area (Å²) in [7, 11) is 0. The van der Waals surface area contributed by atoms with Crippen molar-refractivity contribution in [3.05, 3.63) is 205 Å². The highest BCUT2D eigenvalue weighted by atomic mass is 15.1. The van der Waals surface area contributed by atoms with Gasteiger partial charge in [0, 0.05) is 44.3 Å². The molecule has 0 radical (unpaired) electrons. The van der Waals surface area contributed by atoms with E-state index in [0.29, 0.717) is 0 Å². The summed E-state index contributed by atoms with van der Waals surface area (Å²) >= 11 is 0. The van der Waals surface area contributed by atoms with Crippen molar-refractivity contribution in [2.24, 2.45) is 0 Å². The van der Waals surface area contributed by atoms with E-state index in [1.165, 1.54) is 49.4 Å². The predicted octanol–water partition coefficient (Wildman–Crippen LogP) is 14.3. The second-order valence-electron chi connectivity index (χ2n) is 14.9. The summed E-state index contributed by atoms with van der Waals surface area (Å²) in [6.07, 6.45) is 0. The number of nitrogens with zero attached hydrogens (tertiary/aromatic N) is 2. The van der Waals surface area contributed by atoms with Gasteiger partial charge >= 0.3 is 0 Å². The molecule has 54 heavy (non-hydrogen) atoms. The van der Waals surface area contributed by atoms with Crippen molar-refractivity contribution in [3.8, 4) is 11.1 Å². The first kappa shape index (κ1) is 31.9. The summed E-state index contributed by atoms with van der Waals surface area (Å²) in [5.41, 5.74) is 13.0. The standard InChI is InChI=1S/C52H38N2/c1-35-25-28-39(29-26-35)53(37-16-6-4-7-17-37)40-30-32-46-47(33-40)52(2,3)48-34-50(43-21-12-13-22-45(43)51(46)48)54(38-18-8-5-9-19-38)49-24-14-23-42-41-20-11-10-15-36(41)27-31-44(42)49/h4-26,28-30,32-34H,1-3H3. The zero-order valence-electron chi connectivity index (χ0n) is 30.6. The van der Waals surface area contributed by atoms with Crippen molar-refractivity contribution >= 4 is 66.4 Å². The SMILES string of the molecule is Cc1ccc(N(c2ccccc2)c2ccc3c(c2)C(C)(C)c2cc(N(c4ccccc4)c4cccc5c4c#cc4ccccc45)c4ccccc4c2-3)cc1. The van der Waals surface area contributed by atoms with Crippen LogP contribution in [-0.2, 0) is 5.41 Å². The molecule has 9 aromatic rings. The molecule has 0 fully saturated rings. The molecule has 10 rings (SSSR count). The van der Waals surface area contributed by atoms with E-state index in [9.17, 15) is 0 Å². The second-order valence-corrected chi connectivity index (χ2v) is 14.9. The van der Waals surface area contributed by atoms with Gasteiger partial charge in [0.25, 0.3) is 0 Å². The molecule has 0 amide bonds. The Morgan fingerprint density at radius 3 is 1.76 bits per heavy atom. The Morgan fingerprint density at radius 2 is 1.02 bits per heavy atom. The molecule has 0 N–H and O–H groups in total. The normalized spacial score (nSPS) is 12.7. The van der Waals surface area contributed by atoms with Crippen molar-refractivity contribution in [3.63, 3.8) is 0 Å². The van der Waals surface area contributed by atoms with Gasteiger partial charge in [-0.25, -0.2) is 0 Å². The van der Waals surface area contributed by atoms with Crippen molar-refractivity contribution in [2.75, 3.05) is 9.80 Å². The second kappa shape index (κ2) is 12.4. The van der Waals surface area contributed by atoms with E-state index in [-0.39, 0.29) is 5.41 Å². The fraction of sp³-hybridized carbons (Fsp3) is 0.0769. The van der Waals surface area contributed by atoms with Crippen molar-refractivity contribution in [1.82, 2.24) is 0 Å². The van der Waals surface area contributed by atoms with Crippen LogP contribution in [0.15, 0.2) is 176 Å². The zero-order valence-corrected chi connectivity index (χ0v) is 30.6. The highest BCUT2D eigenvalue weighted by Crippen LogP contribution is 2.56. The van der Waals surface area contributed by atoms with Crippen LogP contribution in [-0.4, -0.2) is 0 Å². The Hall–Kier alpha value is -6.82. The molecule has 0 saturated heterocycles. The topological polar surface area (TPSA) is 6.48 Å². The summed E-state index contributed by atoms with van der Waals surface area (Å²) in [4.78, 5) is 4.81. The van der Waals surface area contributed by atoms with Crippen molar-refractivity contribution in [2.45, 2.75) is 26.2 Å². The van der Waals surface area contributed by atoms with Gasteiger partial charge in [-0.3, -0.25) is 0 Å². The predicted molar refractivity (Wildman–Crippen MR) is 228 cm³/mol. The maximum Gasteiger partial charge on any atom is 0.0624 e. The summed E-state index contributed by atoms with van der Waals surface area (Å²) in [6, 6.07) is 70.9. The number of fused-ring (bicyclic) bond motifs is 8. The minimum atomic E-state index is -0.272. The zero-order chi connectivity index (χ0) is 36.4. The number of rotatable bonds is 6. The van der Waals surface area contributed by atoms with Crippen LogP contribution in [0.2, 0.25) is 0 Å². The summed E-state index contributed by atoms with van der Waals surface area (Å²) < 4.78 is 0. The molecule has 256 valence electrons. The monoisotopic (exact) mass is 690 g/mol. The number of para-hydroxylation sites is 2. The Kier molecular flexibility index (Phi) is 7.32.